The molecule has 2 rings (SSSR count). The van der Waals surface area contributed by atoms with Crippen molar-refractivity contribution in [3.05, 3.63) is 0 Å². The van der Waals surface area contributed by atoms with E-state index in [4.69, 9.17) is 9.84 Å². The highest BCUT2D eigenvalue weighted by molar-refractivity contribution is 5.78. The van der Waals surface area contributed by atoms with Gasteiger partial charge >= 0.3 is 12.0 Å². The van der Waals surface area contributed by atoms with Crippen molar-refractivity contribution < 1.29 is 19.4 Å². The van der Waals surface area contributed by atoms with Crippen LogP contribution in [0.1, 0.15) is 6.92 Å². The van der Waals surface area contributed by atoms with Crippen molar-refractivity contribution in [2.75, 3.05) is 46.4 Å². The van der Waals surface area contributed by atoms with Gasteiger partial charge in [0.25, 0.3) is 0 Å². The lowest BCUT2D eigenvalue weighted by molar-refractivity contribution is -0.154. The summed E-state index contributed by atoms with van der Waals surface area (Å²) in [6.07, 6.45) is -0.902. The molecule has 2 amide bonds. The molecule has 2 heterocycles. The van der Waals surface area contributed by atoms with Crippen LogP contribution in [0.5, 0.6) is 0 Å². The fraction of sp³-hybridized carbons (Fsp3) is 0.833. The van der Waals surface area contributed by atoms with Crippen LogP contribution >= 0.6 is 0 Å². The molecule has 2 unspecified atom stereocenters. The number of carboxylic acid groups (broad SMARTS) is 1. The molecule has 2 aliphatic rings. The first-order chi connectivity index (χ1) is 8.99. The van der Waals surface area contributed by atoms with Crippen LogP contribution in [0.4, 0.5) is 4.79 Å². The number of rotatable bonds is 1. The summed E-state index contributed by atoms with van der Waals surface area (Å²) in [4.78, 5) is 28.9. The van der Waals surface area contributed by atoms with Gasteiger partial charge in [-0.1, -0.05) is 0 Å². The lowest BCUT2D eigenvalue weighted by Gasteiger charge is -2.42. The van der Waals surface area contributed by atoms with Gasteiger partial charge in [-0.15, -0.1) is 0 Å². The van der Waals surface area contributed by atoms with Crippen LogP contribution in [0.2, 0.25) is 0 Å². The van der Waals surface area contributed by atoms with E-state index in [1.165, 1.54) is 0 Å². The number of piperazine rings is 1. The summed E-state index contributed by atoms with van der Waals surface area (Å²) in [7, 11) is 2.04. The molecule has 7 heteroatoms. The Kier molecular flexibility index (Phi) is 4.26. The Morgan fingerprint density at radius 2 is 1.95 bits per heavy atom. The second-order valence-electron chi connectivity index (χ2n) is 5.23. The van der Waals surface area contributed by atoms with Gasteiger partial charge in [-0.05, 0) is 14.0 Å². The Hall–Kier alpha value is -1.34. The molecule has 0 radical (unpaired) electrons. The standard InChI is InChI=1S/C12H21N3O4/c1-9-7-13(2)3-4-15(9)12(18)14-5-6-19-10(8-14)11(16)17/h9-10H,3-8H2,1-2H3,(H,16,17). The predicted octanol–water partition coefficient (Wildman–Crippen LogP) is -0.472. The first-order valence-corrected chi connectivity index (χ1v) is 6.57. The maximum absolute atomic E-state index is 12.4. The molecule has 0 bridgehead atoms. The molecule has 0 spiro atoms. The molecule has 0 saturated carbocycles. The molecular weight excluding hydrogens is 250 g/mol. The molecule has 2 saturated heterocycles. The Morgan fingerprint density at radius 1 is 1.21 bits per heavy atom. The van der Waals surface area contributed by atoms with Gasteiger partial charge in [0, 0.05) is 32.2 Å². The molecule has 0 aromatic carbocycles. The predicted molar refractivity (Wildman–Crippen MR) is 68.0 cm³/mol. The molecule has 2 atom stereocenters. The number of likely N-dealkylation sites (N-methyl/N-ethyl adjacent to an activating group) is 1. The second kappa shape index (κ2) is 5.75. The third-order valence-electron chi connectivity index (χ3n) is 3.69. The Labute approximate surface area is 112 Å². The van der Waals surface area contributed by atoms with Crippen LogP contribution in [0.25, 0.3) is 0 Å². The number of hydrogen-bond acceptors (Lipinski definition) is 4. The summed E-state index contributed by atoms with van der Waals surface area (Å²) in [6, 6.07) is 0.0764. The number of carboxylic acids is 1. The first-order valence-electron chi connectivity index (χ1n) is 6.57. The van der Waals surface area contributed by atoms with E-state index in [1.54, 1.807) is 4.90 Å². The minimum absolute atomic E-state index is 0.0739. The van der Waals surface area contributed by atoms with E-state index < -0.39 is 12.1 Å². The number of carbonyl (C=O) groups excluding carboxylic acids is 1. The van der Waals surface area contributed by atoms with Crippen molar-refractivity contribution in [1.29, 1.82) is 0 Å². The zero-order valence-electron chi connectivity index (χ0n) is 11.4. The highest BCUT2D eigenvalue weighted by Crippen LogP contribution is 2.14. The molecule has 0 aromatic heterocycles. The molecule has 1 N–H and O–H groups in total. The molecule has 0 aromatic rings. The van der Waals surface area contributed by atoms with Gasteiger partial charge in [0.2, 0.25) is 0 Å². The third-order valence-corrected chi connectivity index (χ3v) is 3.69. The molecule has 7 nitrogen and oxygen atoms in total. The molecule has 0 aliphatic carbocycles. The summed E-state index contributed by atoms with van der Waals surface area (Å²) in [6.45, 7) is 5.27. The zero-order chi connectivity index (χ0) is 14.0. The molecule has 108 valence electrons. The van der Waals surface area contributed by atoms with Crippen molar-refractivity contribution >= 4 is 12.0 Å². The zero-order valence-corrected chi connectivity index (χ0v) is 11.4. The quantitative estimate of drug-likeness (QED) is 0.698. The lowest BCUT2D eigenvalue weighted by Crippen LogP contribution is -2.59. The normalized spacial score (nSPS) is 29.4. The number of nitrogens with zero attached hydrogens (tertiary/aromatic N) is 3. The van der Waals surface area contributed by atoms with Crippen LogP contribution in [-0.4, -0.2) is 90.3 Å². The van der Waals surface area contributed by atoms with Gasteiger partial charge in [0.05, 0.1) is 13.2 Å². The summed E-state index contributed by atoms with van der Waals surface area (Å²) < 4.78 is 5.13. The van der Waals surface area contributed by atoms with Crippen molar-refractivity contribution in [1.82, 2.24) is 14.7 Å². The number of hydrogen-bond donors (Lipinski definition) is 1. The Bertz CT molecular complexity index is 363. The van der Waals surface area contributed by atoms with E-state index in [1.807, 2.05) is 18.9 Å². The maximum atomic E-state index is 12.4. The average Bonchev–Trinajstić information content (AvgIpc) is 2.38. The van der Waals surface area contributed by atoms with Crippen LogP contribution in [0, 0.1) is 0 Å². The fourth-order valence-corrected chi connectivity index (χ4v) is 2.58. The van der Waals surface area contributed by atoms with Gasteiger partial charge < -0.3 is 24.5 Å². The average molecular weight is 271 g/mol. The molecule has 19 heavy (non-hydrogen) atoms. The molecule has 2 aliphatic heterocycles. The van der Waals surface area contributed by atoms with Crippen LogP contribution in [0.3, 0.4) is 0 Å². The lowest BCUT2D eigenvalue weighted by atomic mass is 10.2. The highest BCUT2D eigenvalue weighted by Gasteiger charge is 2.34. The van der Waals surface area contributed by atoms with E-state index in [2.05, 4.69) is 4.90 Å². The summed E-state index contributed by atoms with van der Waals surface area (Å²) in [5.74, 6) is -1.01. The molecular formula is C12H21N3O4. The van der Waals surface area contributed by atoms with E-state index in [0.717, 1.165) is 13.1 Å². The van der Waals surface area contributed by atoms with Gasteiger partial charge in [-0.2, -0.15) is 0 Å². The van der Waals surface area contributed by atoms with Crippen molar-refractivity contribution in [2.45, 2.75) is 19.1 Å². The van der Waals surface area contributed by atoms with Gasteiger partial charge in [0.15, 0.2) is 6.10 Å². The number of ether oxygens (including phenoxy) is 1. The monoisotopic (exact) mass is 271 g/mol. The van der Waals surface area contributed by atoms with E-state index in [9.17, 15) is 9.59 Å². The van der Waals surface area contributed by atoms with Crippen molar-refractivity contribution in [3.8, 4) is 0 Å². The Morgan fingerprint density at radius 3 is 2.58 bits per heavy atom. The SMILES string of the molecule is CC1CN(C)CCN1C(=O)N1CCOC(C(=O)O)C1. The van der Waals surface area contributed by atoms with Gasteiger partial charge in [-0.25, -0.2) is 9.59 Å². The van der Waals surface area contributed by atoms with E-state index in [-0.39, 0.29) is 25.2 Å². The molecule has 2 fully saturated rings. The van der Waals surface area contributed by atoms with Crippen LogP contribution in [0.15, 0.2) is 0 Å². The number of morpholine rings is 1. The number of amides is 2. The van der Waals surface area contributed by atoms with E-state index >= 15 is 0 Å². The first kappa shape index (κ1) is 14.1. The number of aliphatic carboxylic acids is 1. The van der Waals surface area contributed by atoms with Crippen LogP contribution in [-0.2, 0) is 9.53 Å². The van der Waals surface area contributed by atoms with E-state index in [0.29, 0.717) is 13.1 Å². The smallest absolute Gasteiger partial charge is 0.334 e. The van der Waals surface area contributed by atoms with Crippen LogP contribution < -0.4 is 0 Å². The van der Waals surface area contributed by atoms with Crippen molar-refractivity contribution in [3.63, 3.8) is 0 Å². The Balaban J connectivity index is 1.97. The largest absolute Gasteiger partial charge is 0.479 e. The van der Waals surface area contributed by atoms with Crippen molar-refractivity contribution in [2.24, 2.45) is 0 Å². The van der Waals surface area contributed by atoms with Gasteiger partial charge in [0.1, 0.15) is 0 Å². The summed E-state index contributed by atoms with van der Waals surface area (Å²) in [5, 5.41) is 8.95. The second-order valence-corrected chi connectivity index (χ2v) is 5.23. The minimum Gasteiger partial charge on any atom is -0.479 e. The summed E-state index contributed by atoms with van der Waals surface area (Å²) >= 11 is 0. The minimum atomic E-state index is -1.01. The number of carbonyl (C=O) groups is 2. The summed E-state index contributed by atoms with van der Waals surface area (Å²) in [5.41, 5.74) is 0. The third kappa shape index (κ3) is 3.16. The van der Waals surface area contributed by atoms with Gasteiger partial charge in [-0.3, -0.25) is 0 Å². The number of urea groups is 1. The fourth-order valence-electron chi connectivity index (χ4n) is 2.58. The highest BCUT2D eigenvalue weighted by atomic mass is 16.5. The topological polar surface area (TPSA) is 73.3 Å². The maximum Gasteiger partial charge on any atom is 0.334 e.